The fourth-order valence-electron chi connectivity index (χ4n) is 5.67. The van der Waals surface area contributed by atoms with Crippen LogP contribution in [0.15, 0.2) is 48.5 Å². The van der Waals surface area contributed by atoms with Gasteiger partial charge in [-0.25, -0.2) is 4.79 Å². The van der Waals surface area contributed by atoms with Gasteiger partial charge in [0.1, 0.15) is 29.3 Å². The van der Waals surface area contributed by atoms with Crippen molar-refractivity contribution in [3.63, 3.8) is 0 Å². The number of esters is 3. The maximum absolute atomic E-state index is 13.6. The molecule has 5 rings (SSSR count). The molecule has 2 aliphatic carbocycles. The van der Waals surface area contributed by atoms with Crippen LogP contribution >= 0.6 is 0 Å². The minimum absolute atomic E-state index is 0.146. The van der Waals surface area contributed by atoms with Crippen LogP contribution < -0.4 is 9.47 Å². The molecule has 0 amide bonds. The molecule has 0 spiro atoms. The Morgan fingerprint density at radius 1 is 1.05 bits per heavy atom. The van der Waals surface area contributed by atoms with Gasteiger partial charge in [0.15, 0.2) is 0 Å². The maximum Gasteiger partial charge on any atom is 0.419 e. The first-order valence-electron chi connectivity index (χ1n) is 12.5. The summed E-state index contributed by atoms with van der Waals surface area (Å²) in [4.78, 5) is 38.8. The summed E-state index contributed by atoms with van der Waals surface area (Å²) in [5.74, 6) is -4.58. The summed E-state index contributed by atoms with van der Waals surface area (Å²) in [6.07, 6.45) is -5.47. The lowest BCUT2D eigenvalue weighted by Gasteiger charge is -2.30. The zero-order chi connectivity index (χ0) is 27.4. The lowest BCUT2D eigenvalue weighted by Crippen LogP contribution is -2.44. The minimum atomic E-state index is -4.69. The van der Waals surface area contributed by atoms with Gasteiger partial charge in [-0.3, -0.25) is 9.59 Å². The van der Waals surface area contributed by atoms with E-state index in [9.17, 15) is 27.6 Å². The number of hydrogen-bond donors (Lipinski definition) is 0. The molecule has 10 heteroatoms. The van der Waals surface area contributed by atoms with Gasteiger partial charge in [-0.1, -0.05) is 25.1 Å². The second-order valence-corrected chi connectivity index (χ2v) is 10.5. The molecule has 1 heterocycles. The van der Waals surface area contributed by atoms with E-state index < -0.39 is 71.0 Å². The van der Waals surface area contributed by atoms with E-state index in [2.05, 4.69) is 0 Å². The van der Waals surface area contributed by atoms with E-state index in [4.69, 9.17) is 18.9 Å². The Kier molecular flexibility index (Phi) is 6.39. The zero-order valence-corrected chi connectivity index (χ0v) is 21.0. The first-order chi connectivity index (χ1) is 17.9. The van der Waals surface area contributed by atoms with Crippen LogP contribution in [0.4, 0.5) is 13.2 Å². The molecule has 2 aromatic rings. The van der Waals surface area contributed by atoms with Gasteiger partial charge in [-0.05, 0) is 57.0 Å². The van der Waals surface area contributed by atoms with Gasteiger partial charge in [0.05, 0.1) is 23.0 Å². The number of carbonyl (C=O) groups is 3. The summed E-state index contributed by atoms with van der Waals surface area (Å²) in [5.41, 5.74) is -2.06. The van der Waals surface area contributed by atoms with Crippen molar-refractivity contribution in [2.75, 3.05) is 0 Å². The van der Waals surface area contributed by atoms with Crippen molar-refractivity contribution in [1.29, 1.82) is 0 Å². The normalized spacial score (nSPS) is 27.7. The zero-order valence-electron chi connectivity index (χ0n) is 21.0. The maximum atomic E-state index is 13.6. The van der Waals surface area contributed by atoms with Gasteiger partial charge in [-0.2, -0.15) is 13.2 Å². The third-order valence-corrected chi connectivity index (χ3v) is 7.78. The number of para-hydroxylation sites is 1. The van der Waals surface area contributed by atoms with E-state index in [0.717, 1.165) is 18.2 Å². The number of benzene rings is 2. The fraction of sp³-hybridized carbons (Fsp3) is 0.464. The molecule has 0 aromatic heterocycles. The van der Waals surface area contributed by atoms with Gasteiger partial charge >= 0.3 is 24.1 Å². The number of halogens is 3. The van der Waals surface area contributed by atoms with Gasteiger partial charge in [0.2, 0.25) is 0 Å². The average molecular weight is 533 g/mol. The van der Waals surface area contributed by atoms with Crippen molar-refractivity contribution in [1.82, 2.24) is 0 Å². The van der Waals surface area contributed by atoms with Crippen LogP contribution in [0.1, 0.15) is 49.5 Å². The monoisotopic (exact) mass is 532 g/mol. The summed E-state index contributed by atoms with van der Waals surface area (Å²) in [7, 11) is 0. The Hall–Kier alpha value is -3.56. The molecule has 2 saturated carbocycles. The van der Waals surface area contributed by atoms with Crippen LogP contribution in [0.3, 0.4) is 0 Å². The Bertz CT molecular complexity index is 1260. The lowest BCUT2D eigenvalue weighted by atomic mass is 9.78. The first kappa shape index (κ1) is 26.1. The highest BCUT2D eigenvalue weighted by atomic mass is 19.4. The number of rotatable bonds is 7. The summed E-state index contributed by atoms with van der Waals surface area (Å²) in [6.45, 7) is 5.07. The van der Waals surface area contributed by atoms with Crippen molar-refractivity contribution >= 4 is 17.9 Å². The Morgan fingerprint density at radius 2 is 1.76 bits per heavy atom. The number of alkyl halides is 3. The molecule has 3 aliphatic rings. The standard InChI is InChI=1S/C28H27F3O7/c1-4-27(2,3)38-19-12-14(10-11-18(19)28(29,30)31)24(32)36-22-16-13-17-21(26(34)37-23(17)22)20(16)25(33)35-15-8-6-5-7-9-15/h5-12,16-17,20-23H,4,13H2,1-3H3. The Balaban J connectivity index is 1.38. The number of carbonyl (C=O) groups excluding carboxylic acids is 3. The molecule has 1 aliphatic heterocycles. The van der Waals surface area contributed by atoms with E-state index in [0.29, 0.717) is 18.6 Å². The van der Waals surface area contributed by atoms with E-state index >= 15 is 0 Å². The predicted molar refractivity (Wildman–Crippen MR) is 126 cm³/mol. The molecule has 1 saturated heterocycles. The SMILES string of the molecule is CCC(C)(C)Oc1cc(C(=O)OC2C3CC4C2OC(=O)C4C3C(=O)Oc2ccccc2)ccc1C(F)(F)F. The van der Waals surface area contributed by atoms with Crippen molar-refractivity contribution in [3.8, 4) is 11.5 Å². The van der Waals surface area contributed by atoms with Crippen molar-refractivity contribution in [3.05, 3.63) is 59.7 Å². The van der Waals surface area contributed by atoms with Gasteiger partial charge < -0.3 is 18.9 Å². The molecule has 202 valence electrons. The quantitative estimate of drug-likeness (QED) is 0.357. The summed E-state index contributed by atoms with van der Waals surface area (Å²) >= 11 is 0. The van der Waals surface area contributed by atoms with Crippen LogP contribution in [0.5, 0.6) is 11.5 Å². The van der Waals surface area contributed by atoms with Crippen LogP contribution in [0.25, 0.3) is 0 Å². The lowest BCUT2D eigenvalue weighted by molar-refractivity contribution is -0.149. The van der Waals surface area contributed by atoms with Crippen molar-refractivity contribution < 1.29 is 46.5 Å². The van der Waals surface area contributed by atoms with Crippen LogP contribution in [0.2, 0.25) is 0 Å². The molecule has 38 heavy (non-hydrogen) atoms. The molecule has 0 radical (unpaired) electrons. The minimum Gasteiger partial charge on any atom is -0.487 e. The Morgan fingerprint density at radius 3 is 2.42 bits per heavy atom. The molecular formula is C28H27F3O7. The summed E-state index contributed by atoms with van der Waals surface area (Å²) in [6, 6.07) is 11.2. The average Bonchev–Trinajstić information content (AvgIpc) is 3.47. The van der Waals surface area contributed by atoms with E-state index in [1.54, 1.807) is 51.1 Å². The molecule has 3 fully saturated rings. The van der Waals surface area contributed by atoms with Crippen LogP contribution in [-0.2, 0) is 25.2 Å². The first-order valence-corrected chi connectivity index (χ1v) is 12.5. The van der Waals surface area contributed by atoms with Gasteiger partial charge in [0.25, 0.3) is 0 Å². The molecule has 7 nitrogen and oxygen atoms in total. The van der Waals surface area contributed by atoms with Crippen molar-refractivity contribution in [2.45, 2.75) is 57.6 Å². The molecule has 6 atom stereocenters. The largest absolute Gasteiger partial charge is 0.487 e. The molecule has 2 bridgehead atoms. The predicted octanol–water partition coefficient (Wildman–Crippen LogP) is 5.21. The second-order valence-electron chi connectivity index (χ2n) is 10.5. The number of ether oxygens (including phenoxy) is 4. The van der Waals surface area contributed by atoms with E-state index in [1.807, 2.05) is 0 Å². The summed E-state index contributed by atoms with van der Waals surface area (Å²) in [5, 5.41) is 0. The molecule has 2 aromatic carbocycles. The fourth-order valence-corrected chi connectivity index (χ4v) is 5.67. The van der Waals surface area contributed by atoms with Crippen molar-refractivity contribution in [2.24, 2.45) is 23.7 Å². The second kappa shape index (κ2) is 9.32. The molecule has 6 unspecified atom stereocenters. The number of hydrogen-bond acceptors (Lipinski definition) is 7. The summed E-state index contributed by atoms with van der Waals surface area (Å²) < 4.78 is 63.2. The highest BCUT2D eigenvalue weighted by Gasteiger charge is 2.70. The third-order valence-electron chi connectivity index (χ3n) is 7.78. The third kappa shape index (κ3) is 4.61. The van der Waals surface area contributed by atoms with Gasteiger partial charge in [0, 0.05) is 11.8 Å². The van der Waals surface area contributed by atoms with E-state index in [1.165, 1.54) is 0 Å². The smallest absolute Gasteiger partial charge is 0.419 e. The van der Waals surface area contributed by atoms with E-state index in [-0.39, 0.29) is 11.5 Å². The Labute approximate surface area is 217 Å². The molecular weight excluding hydrogens is 505 g/mol. The molecule has 0 N–H and O–H groups in total. The topological polar surface area (TPSA) is 88.1 Å². The number of fused-ring (bicyclic) bond motifs is 1. The van der Waals surface area contributed by atoms with Gasteiger partial charge in [-0.15, -0.1) is 0 Å². The van der Waals surface area contributed by atoms with Crippen LogP contribution in [0, 0.1) is 23.7 Å². The highest BCUT2D eigenvalue weighted by molar-refractivity contribution is 5.91. The van der Waals surface area contributed by atoms with Crippen LogP contribution in [-0.4, -0.2) is 35.7 Å². The highest BCUT2D eigenvalue weighted by Crippen LogP contribution is 2.59.